The highest BCUT2D eigenvalue weighted by atomic mass is 32.2. The molecule has 1 aromatic heterocycles. The van der Waals surface area contributed by atoms with Gasteiger partial charge >= 0.3 is 5.97 Å². The summed E-state index contributed by atoms with van der Waals surface area (Å²) in [5.74, 6) is 1.75. The van der Waals surface area contributed by atoms with E-state index in [1.165, 1.54) is 19.2 Å². The van der Waals surface area contributed by atoms with Crippen LogP contribution >= 0.6 is 11.8 Å². The summed E-state index contributed by atoms with van der Waals surface area (Å²) in [6, 6.07) is 15.8. The molecule has 4 aromatic rings. The summed E-state index contributed by atoms with van der Waals surface area (Å²) in [5.41, 5.74) is 2.26. The normalized spacial score (nSPS) is 10.8. The maximum absolute atomic E-state index is 13.6. The average Bonchev–Trinajstić information content (AvgIpc) is 3.05. The fourth-order valence-corrected chi connectivity index (χ4v) is 5.45. The molecule has 44 heavy (non-hydrogen) atoms. The van der Waals surface area contributed by atoms with Crippen molar-refractivity contribution < 1.29 is 33.3 Å². The van der Waals surface area contributed by atoms with Gasteiger partial charge in [0.15, 0.2) is 28.2 Å². The third-order valence-corrected chi connectivity index (χ3v) is 7.91. The third-order valence-electron chi connectivity index (χ3n) is 6.93. The van der Waals surface area contributed by atoms with Crippen molar-refractivity contribution in [2.45, 2.75) is 24.5 Å². The number of aromatic nitrogens is 2. The fourth-order valence-electron chi connectivity index (χ4n) is 4.59. The monoisotopic (exact) mass is 621 g/mol. The molecule has 0 saturated carbocycles. The van der Waals surface area contributed by atoms with Crippen molar-refractivity contribution in [2.75, 3.05) is 47.8 Å². The van der Waals surface area contributed by atoms with Crippen molar-refractivity contribution >= 4 is 34.5 Å². The van der Waals surface area contributed by atoms with Gasteiger partial charge in [0.05, 0.1) is 57.8 Å². The van der Waals surface area contributed by atoms with Crippen LogP contribution in [0.15, 0.2) is 64.5 Å². The highest BCUT2D eigenvalue weighted by Gasteiger charge is 2.16. The quantitative estimate of drug-likeness (QED) is 0.126. The zero-order valence-corrected chi connectivity index (χ0v) is 26.1. The number of benzene rings is 3. The van der Waals surface area contributed by atoms with Gasteiger partial charge in [-0.2, -0.15) is 0 Å². The van der Waals surface area contributed by atoms with Gasteiger partial charge in [0, 0.05) is 13.1 Å². The first-order valence-corrected chi connectivity index (χ1v) is 14.7. The molecule has 0 aliphatic rings. The molecule has 0 aliphatic carbocycles. The highest BCUT2D eigenvalue weighted by Crippen LogP contribution is 2.29. The number of rotatable bonds is 14. The molecule has 232 valence electrons. The minimum Gasteiger partial charge on any atom is -0.493 e. The fraction of sp³-hybridized carbons (Fsp3) is 0.312. The number of carbonyl (C=O) groups is 2. The first kappa shape index (κ1) is 32.2. The van der Waals surface area contributed by atoms with Crippen molar-refractivity contribution in [1.82, 2.24) is 14.9 Å². The molecule has 1 amide bonds. The second-order valence-electron chi connectivity index (χ2n) is 9.59. The molecule has 11 nitrogen and oxygen atoms in total. The van der Waals surface area contributed by atoms with Crippen molar-refractivity contribution in [3.8, 4) is 23.0 Å². The van der Waals surface area contributed by atoms with Gasteiger partial charge in [-0.3, -0.25) is 14.2 Å². The molecule has 0 saturated heterocycles. The second-order valence-corrected chi connectivity index (χ2v) is 10.5. The minimum absolute atomic E-state index is 0.0386. The number of aryl methyl sites for hydroxylation is 1. The zero-order chi connectivity index (χ0) is 31.6. The molecule has 1 N–H and O–H groups in total. The summed E-state index contributed by atoms with van der Waals surface area (Å²) < 4.78 is 27.8. The maximum Gasteiger partial charge on any atom is 0.337 e. The van der Waals surface area contributed by atoms with Crippen LogP contribution in [0.3, 0.4) is 0 Å². The van der Waals surface area contributed by atoms with Crippen molar-refractivity contribution in [1.29, 1.82) is 0 Å². The van der Waals surface area contributed by atoms with E-state index in [-0.39, 0.29) is 22.8 Å². The van der Waals surface area contributed by atoms with Gasteiger partial charge in [0.1, 0.15) is 0 Å². The van der Waals surface area contributed by atoms with Gasteiger partial charge in [-0.1, -0.05) is 23.9 Å². The summed E-state index contributed by atoms with van der Waals surface area (Å²) in [4.78, 5) is 43.3. The van der Waals surface area contributed by atoms with Crippen LogP contribution in [0.5, 0.6) is 23.0 Å². The SMILES string of the molecule is COC(=O)c1ccc2c(=O)n(CCc3ccc(OC)c(OC)c3)c(SCC(=O)NCCc3ccc(OC)c(OC)c3)nc2c1. The summed E-state index contributed by atoms with van der Waals surface area (Å²) >= 11 is 1.15. The summed E-state index contributed by atoms with van der Waals surface area (Å²) in [6.45, 7) is 0.716. The molecule has 4 rings (SSSR count). The van der Waals surface area contributed by atoms with Crippen molar-refractivity contribution in [2.24, 2.45) is 0 Å². The predicted octanol–water partition coefficient (Wildman–Crippen LogP) is 3.91. The Morgan fingerprint density at radius 1 is 0.795 bits per heavy atom. The van der Waals surface area contributed by atoms with E-state index < -0.39 is 5.97 Å². The van der Waals surface area contributed by atoms with Crippen LogP contribution in [0, 0.1) is 0 Å². The van der Waals surface area contributed by atoms with Gasteiger partial charge in [-0.15, -0.1) is 0 Å². The average molecular weight is 622 g/mol. The largest absolute Gasteiger partial charge is 0.493 e. The molecular formula is C32H35N3O8S. The number of hydrogen-bond acceptors (Lipinski definition) is 10. The number of amides is 1. The van der Waals surface area contributed by atoms with Crippen LogP contribution in [0.4, 0.5) is 0 Å². The highest BCUT2D eigenvalue weighted by molar-refractivity contribution is 7.99. The maximum atomic E-state index is 13.6. The Balaban J connectivity index is 1.52. The Morgan fingerprint density at radius 3 is 2.00 bits per heavy atom. The summed E-state index contributed by atoms with van der Waals surface area (Å²) in [5, 5.41) is 3.63. The van der Waals surface area contributed by atoms with E-state index in [1.54, 1.807) is 39.1 Å². The third kappa shape index (κ3) is 7.62. The van der Waals surface area contributed by atoms with Gasteiger partial charge in [0.25, 0.3) is 5.56 Å². The number of methoxy groups -OCH3 is 5. The standard InChI is InChI=1S/C32H35N3O8S/c1-39-25-10-6-20(16-27(25)41-3)12-14-33-29(36)19-44-32-34-24-18-22(31(38)43-5)8-9-23(24)30(37)35(32)15-13-21-7-11-26(40-2)28(17-21)42-4/h6-11,16-18H,12-15,19H2,1-5H3,(H,33,36). The first-order chi connectivity index (χ1) is 21.3. The Morgan fingerprint density at radius 2 is 1.41 bits per heavy atom. The smallest absolute Gasteiger partial charge is 0.337 e. The number of hydrogen-bond donors (Lipinski definition) is 1. The van der Waals surface area contributed by atoms with E-state index in [4.69, 9.17) is 23.7 Å². The van der Waals surface area contributed by atoms with E-state index in [0.717, 1.165) is 22.9 Å². The predicted molar refractivity (Wildman–Crippen MR) is 168 cm³/mol. The van der Waals surface area contributed by atoms with Crippen LogP contribution in [0.2, 0.25) is 0 Å². The van der Waals surface area contributed by atoms with Crippen LogP contribution in [-0.2, 0) is 28.9 Å². The molecule has 0 aliphatic heterocycles. The molecular weight excluding hydrogens is 586 g/mol. The molecule has 0 radical (unpaired) electrons. The van der Waals surface area contributed by atoms with Gasteiger partial charge in [-0.25, -0.2) is 9.78 Å². The Bertz CT molecular complexity index is 1710. The number of fused-ring (bicyclic) bond motifs is 1. The van der Waals surface area contributed by atoms with Crippen LogP contribution < -0.4 is 29.8 Å². The number of carbonyl (C=O) groups excluding carboxylic acids is 2. The number of esters is 1. The van der Waals surface area contributed by atoms with E-state index in [2.05, 4.69) is 10.3 Å². The molecule has 0 unspecified atom stereocenters. The topological polar surface area (TPSA) is 127 Å². The number of thioether (sulfide) groups is 1. The molecule has 1 heterocycles. The van der Waals surface area contributed by atoms with Gasteiger partial charge in [-0.05, 0) is 66.4 Å². The first-order valence-electron chi connectivity index (χ1n) is 13.8. The summed E-state index contributed by atoms with van der Waals surface area (Å²) in [6.07, 6.45) is 1.09. The number of nitrogens with zero attached hydrogens (tertiary/aromatic N) is 2. The Labute approximate surface area is 259 Å². The van der Waals surface area contributed by atoms with E-state index in [9.17, 15) is 14.4 Å². The van der Waals surface area contributed by atoms with E-state index >= 15 is 0 Å². The van der Waals surface area contributed by atoms with Gasteiger partial charge < -0.3 is 29.0 Å². The summed E-state index contributed by atoms with van der Waals surface area (Å²) in [7, 11) is 7.57. The van der Waals surface area contributed by atoms with Crippen molar-refractivity contribution in [3.05, 3.63) is 81.6 Å². The molecule has 0 atom stereocenters. The lowest BCUT2D eigenvalue weighted by atomic mass is 10.1. The lowest BCUT2D eigenvalue weighted by Gasteiger charge is -2.15. The molecule has 0 fully saturated rings. The molecule has 0 spiro atoms. The van der Waals surface area contributed by atoms with Gasteiger partial charge in [0.2, 0.25) is 5.91 Å². The zero-order valence-electron chi connectivity index (χ0n) is 25.3. The van der Waals surface area contributed by atoms with Crippen molar-refractivity contribution in [3.63, 3.8) is 0 Å². The Hall–Kier alpha value is -4.71. The number of ether oxygens (including phenoxy) is 5. The van der Waals surface area contributed by atoms with Crippen LogP contribution in [0.25, 0.3) is 10.9 Å². The van der Waals surface area contributed by atoms with E-state index in [0.29, 0.717) is 65.0 Å². The lowest BCUT2D eigenvalue weighted by molar-refractivity contribution is -0.118. The lowest BCUT2D eigenvalue weighted by Crippen LogP contribution is -2.29. The molecule has 0 bridgehead atoms. The minimum atomic E-state index is -0.533. The second kappa shape index (κ2) is 15.1. The Kier molecular flexibility index (Phi) is 11.1. The molecule has 3 aromatic carbocycles. The van der Waals surface area contributed by atoms with Crippen LogP contribution in [-0.4, -0.2) is 69.3 Å². The number of nitrogens with one attached hydrogen (secondary N) is 1. The van der Waals surface area contributed by atoms with E-state index in [1.807, 2.05) is 36.4 Å². The van der Waals surface area contributed by atoms with Crippen LogP contribution in [0.1, 0.15) is 21.5 Å². The molecule has 12 heteroatoms.